The van der Waals surface area contributed by atoms with E-state index in [4.69, 9.17) is 16.1 Å². The Morgan fingerprint density at radius 2 is 2.58 bits per heavy atom. The predicted molar refractivity (Wildman–Crippen MR) is 39.3 cm³/mol. The Balaban J connectivity index is 2.26. The molecular weight excluding hydrogens is 162 g/mol. The molecule has 0 amide bonds. The van der Waals surface area contributed by atoms with Gasteiger partial charge in [-0.05, 0) is 0 Å². The number of likely N-dealkylation sites (N-methyl/N-ethyl adjacent to an activating group) is 1. The molecule has 2 aliphatic rings. The van der Waals surface area contributed by atoms with Gasteiger partial charge in [-0.3, -0.25) is 4.84 Å². The summed E-state index contributed by atoms with van der Waals surface area (Å²) in [6.07, 6.45) is -1.61. The predicted octanol–water partition coefficient (Wildman–Crippen LogP) is -1.65. The fourth-order valence-corrected chi connectivity index (χ4v) is 1.66. The van der Waals surface area contributed by atoms with Crippen molar-refractivity contribution in [3.05, 3.63) is 0 Å². The van der Waals surface area contributed by atoms with Crippen molar-refractivity contribution in [2.75, 3.05) is 26.8 Å². The summed E-state index contributed by atoms with van der Waals surface area (Å²) in [5.74, 6) is 0. The molecule has 2 rings (SSSR count). The maximum Gasteiger partial charge on any atom is 0.135 e. The van der Waals surface area contributed by atoms with Crippen molar-refractivity contribution in [1.82, 2.24) is 5.06 Å². The summed E-state index contributed by atoms with van der Waals surface area (Å²) in [6.45, 7) is -0.948. The van der Waals surface area contributed by atoms with Crippen LogP contribution in [0.5, 0.6) is 0 Å². The van der Waals surface area contributed by atoms with Crippen LogP contribution in [-0.2, 0) is 9.57 Å². The fourth-order valence-electron chi connectivity index (χ4n) is 1.66. The van der Waals surface area contributed by atoms with Crippen molar-refractivity contribution >= 4 is 0 Å². The van der Waals surface area contributed by atoms with Gasteiger partial charge in [0.2, 0.25) is 0 Å². The van der Waals surface area contributed by atoms with Crippen molar-refractivity contribution in [3.63, 3.8) is 0 Å². The van der Waals surface area contributed by atoms with Gasteiger partial charge in [0.05, 0.1) is 21.1 Å². The average Bonchev–Trinajstić information content (AvgIpc) is 2.26. The van der Waals surface area contributed by atoms with Gasteiger partial charge >= 0.3 is 0 Å². The van der Waals surface area contributed by atoms with Crippen LogP contribution in [0, 0.1) is 0 Å². The number of fused-ring (bicyclic) bond motifs is 2. The molecular formula is C7H13NO4. The standard InChI is InChI=1S/C7H13NO4/c1-8-3-7(4-9)6(10)5(12-8)2-11-7/h5-6,9-10H,2-4H2,1H3/t5-,6?,7-/m1/s1/i2T/t2-,5+,6?,7+/m0. The zero-order valence-corrected chi connectivity index (χ0v) is 6.80. The van der Waals surface area contributed by atoms with Gasteiger partial charge in [0.15, 0.2) is 0 Å². The third kappa shape index (κ3) is 0.982. The summed E-state index contributed by atoms with van der Waals surface area (Å²) >= 11 is 0. The monoisotopic (exact) mass is 177 g/mol. The third-order valence-corrected chi connectivity index (χ3v) is 2.35. The van der Waals surface area contributed by atoms with E-state index in [1.807, 2.05) is 0 Å². The maximum absolute atomic E-state index is 9.69. The lowest BCUT2D eigenvalue weighted by atomic mass is 9.95. The van der Waals surface area contributed by atoms with Gasteiger partial charge in [-0.15, -0.1) is 0 Å². The molecule has 2 aliphatic heterocycles. The van der Waals surface area contributed by atoms with Crippen molar-refractivity contribution in [2.45, 2.75) is 17.8 Å². The van der Waals surface area contributed by atoms with Crippen LogP contribution in [0.2, 0.25) is 0 Å². The molecule has 5 nitrogen and oxygen atoms in total. The van der Waals surface area contributed by atoms with Gasteiger partial charge in [-0.1, -0.05) is 0 Å². The minimum Gasteiger partial charge on any atom is -0.393 e. The van der Waals surface area contributed by atoms with Crippen molar-refractivity contribution in [3.8, 4) is 0 Å². The number of aliphatic hydroxyl groups is 2. The van der Waals surface area contributed by atoms with Crippen LogP contribution in [-0.4, -0.2) is 59.9 Å². The summed E-state index contributed by atoms with van der Waals surface area (Å²) < 4.78 is 12.7. The van der Waals surface area contributed by atoms with Crippen LogP contribution in [0.3, 0.4) is 0 Å². The molecule has 0 saturated carbocycles. The summed E-state index contributed by atoms with van der Waals surface area (Å²) in [5, 5.41) is 20.3. The molecule has 0 spiro atoms. The zero-order valence-electron chi connectivity index (χ0n) is 7.80. The molecule has 2 bridgehead atoms. The first-order chi connectivity index (χ1) is 6.09. The van der Waals surface area contributed by atoms with Crippen LogP contribution in [0.4, 0.5) is 0 Å². The van der Waals surface area contributed by atoms with E-state index in [0.29, 0.717) is 0 Å². The minimum absolute atomic E-state index is 0.274. The van der Waals surface area contributed by atoms with Gasteiger partial charge in [0, 0.05) is 7.05 Å². The highest BCUT2D eigenvalue weighted by molar-refractivity contribution is 5.01. The third-order valence-electron chi connectivity index (χ3n) is 2.35. The van der Waals surface area contributed by atoms with E-state index in [1.54, 1.807) is 7.05 Å². The van der Waals surface area contributed by atoms with Crippen LogP contribution in [0.25, 0.3) is 0 Å². The molecule has 5 heteroatoms. The second-order valence-corrected chi connectivity index (χ2v) is 3.28. The Morgan fingerprint density at radius 3 is 3.25 bits per heavy atom. The van der Waals surface area contributed by atoms with Crippen LogP contribution in [0.15, 0.2) is 0 Å². The van der Waals surface area contributed by atoms with Crippen molar-refractivity contribution in [1.29, 1.82) is 0 Å². The number of hydroxylamine groups is 2. The fraction of sp³-hybridized carbons (Fsp3) is 1.00. The number of aliphatic hydroxyl groups excluding tert-OH is 2. The molecule has 4 atom stereocenters. The smallest absolute Gasteiger partial charge is 0.135 e. The number of rotatable bonds is 1. The molecule has 1 unspecified atom stereocenters. The Bertz CT molecular complexity index is 213. The molecule has 0 aromatic heterocycles. The molecule has 2 heterocycles. The Morgan fingerprint density at radius 1 is 1.83 bits per heavy atom. The summed E-state index contributed by atoms with van der Waals surface area (Å²) in [4.78, 5) is 5.19. The number of nitrogens with zero attached hydrogens (tertiary/aromatic N) is 1. The van der Waals surface area contributed by atoms with Crippen LogP contribution < -0.4 is 0 Å². The first kappa shape index (κ1) is 7.23. The average molecular weight is 177 g/mol. The van der Waals surface area contributed by atoms with E-state index < -0.39 is 24.4 Å². The van der Waals surface area contributed by atoms with Crippen molar-refractivity contribution in [2.24, 2.45) is 0 Å². The van der Waals surface area contributed by atoms with Crippen LogP contribution in [0.1, 0.15) is 1.37 Å². The molecule has 70 valence electrons. The van der Waals surface area contributed by atoms with Crippen LogP contribution >= 0.6 is 0 Å². The minimum atomic E-state index is -1.04. The SMILES string of the molecule is [3H][C@@H]1O[C@@]2(CO)CN(C)O[C@H]1C2O. The lowest BCUT2D eigenvalue weighted by Gasteiger charge is -2.38. The summed E-state index contributed by atoms with van der Waals surface area (Å²) in [7, 11) is 1.69. The van der Waals surface area contributed by atoms with E-state index in [1.165, 1.54) is 5.06 Å². The molecule has 0 aromatic rings. The van der Waals surface area contributed by atoms with E-state index in [-0.39, 0.29) is 13.2 Å². The summed E-state index contributed by atoms with van der Waals surface area (Å²) in [6, 6.07) is 0. The second kappa shape index (κ2) is 2.65. The van der Waals surface area contributed by atoms with E-state index in [0.717, 1.165) is 0 Å². The molecule has 2 fully saturated rings. The zero-order chi connectivity index (χ0) is 9.64. The first-order valence-corrected chi connectivity index (χ1v) is 3.86. The normalized spacial score (nSPS) is 55.6. The quantitative estimate of drug-likeness (QED) is 0.502. The highest BCUT2D eigenvalue weighted by atomic mass is 16.7. The van der Waals surface area contributed by atoms with Gasteiger partial charge in [-0.25, -0.2) is 0 Å². The number of ether oxygens (including phenoxy) is 1. The van der Waals surface area contributed by atoms with E-state index in [2.05, 4.69) is 0 Å². The first-order valence-electron chi connectivity index (χ1n) is 4.44. The lowest BCUT2D eigenvalue weighted by molar-refractivity contribution is -0.255. The molecule has 0 aliphatic carbocycles. The lowest BCUT2D eigenvalue weighted by Crippen LogP contribution is -2.58. The molecule has 2 N–H and O–H groups in total. The van der Waals surface area contributed by atoms with Crippen molar-refractivity contribution < 1.29 is 21.2 Å². The highest BCUT2D eigenvalue weighted by Gasteiger charge is 2.54. The Kier molecular flexibility index (Phi) is 1.59. The molecule has 0 radical (unpaired) electrons. The Hall–Kier alpha value is -0.200. The number of hydrogen-bond acceptors (Lipinski definition) is 5. The van der Waals surface area contributed by atoms with E-state index in [9.17, 15) is 5.11 Å². The van der Waals surface area contributed by atoms with Gasteiger partial charge in [0.1, 0.15) is 17.8 Å². The maximum atomic E-state index is 9.69. The molecule has 12 heavy (non-hydrogen) atoms. The Labute approximate surface area is 71.9 Å². The number of hydrogen-bond donors (Lipinski definition) is 2. The summed E-state index contributed by atoms with van der Waals surface area (Å²) in [5.41, 5.74) is -1.04. The largest absolute Gasteiger partial charge is 0.393 e. The van der Waals surface area contributed by atoms with Gasteiger partial charge < -0.3 is 14.9 Å². The molecule has 2 saturated heterocycles. The highest BCUT2D eigenvalue weighted by Crippen LogP contribution is 2.33. The van der Waals surface area contributed by atoms with E-state index >= 15 is 0 Å². The van der Waals surface area contributed by atoms with Gasteiger partial charge in [-0.2, -0.15) is 5.06 Å². The second-order valence-electron chi connectivity index (χ2n) is 3.28. The molecule has 0 aromatic carbocycles. The topological polar surface area (TPSA) is 62.2 Å². The van der Waals surface area contributed by atoms with Gasteiger partial charge in [0.25, 0.3) is 0 Å².